The topological polar surface area (TPSA) is 93.7 Å². The SMILES string of the molecule is COc1ccc(-c2nnc(NC(=O)CCN(CCc3ccccc3)C(=O)c3ccccc3OC)s2)cc1. The van der Waals surface area contributed by atoms with Crippen molar-refractivity contribution in [3.05, 3.63) is 90.0 Å². The molecule has 2 amide bonds. The summed E-state index contributed by atoms with van der Waals surface area (Å²) in [6, 6.07) is 24.5. The molecule has 1 N–H and O–H groups in total. The van der Waals surface area contributed by atoms with Gasteiger partial charge in [0.05, 0.1) is 19.8 Å². The van der Waals surface area contributed by atoms with Crippen LogP contribution in [0, 0.1) is 0 Å². The van der Waals surface area contributed by atoms with Crippen LogP contribution in [-0.2, 0) is 11.2 Å². The number of nitrogens with one attached hydrogen (secondary N) is 1. The predicted molar refractivity (Wildman–Crippen MR) is 144 cm³/mol. The number of aromatic nitrogens is 2. The Morgan fingerprint density at radius 3 is 2.32 bits per heavy atom. The third-order valence-electron chi connectivity index (χ3n) is 5.75. The number of benzene rings is 3. The molecule has 4 rings (SSSR count). The average molecular weight is 517 g/mol. The number of nitrogens with zero attached hydrogens (tertiary/aromatic N) is 3. The molecule has 3 aromatic carbocycles. The zero-order chi connectivity index (χ0) is 26.0. The van der Waals surface area contributed by atoms with Crippen molar-refractivity contribution in [1.29, 1.82) is 0 Å². The van der Waals surface area contributed by atoms with Gasteiger partial charge in [0.2, 0.25) is 11.0 Å². The Morgan fingerprint density at radius 2 is 1.59 bits per heavy atom. The number of rotatable bonds is 11. The van der Waals surface area contributed by atoms with E-state index in [1.165, 1.54) is 18.4 Å². The Balaban J connectivity index is 1.41. The van der Waals surface area contributed by atoms with E-state index in [2.05, 4.69) is 15.5 Å². The van der Waals surface area contributed by atoms with E-state index in [4.69, 9.17) is 9.47 Å². The van der Waals surface area contributed by atoms with Gasteiger partial charge in [0.1, 0.15) is 16.5 Å². The first kappa shape index (κ1) is 25.8. The van der Waals surface area contributed by atoms with Crippen molar-refractivity contribution in [2.24, 2.45) is 0 Å². The van der Waals surface area contributed by atoms with Crippen LogP contribution in [0.4, 0.5) is 5.13 Å². The van der Waals surface area contributed by atoms with Gasteiger partial charge in [-0.1, -0.05) is 53.8 Å². The first-order valence-corrected chi connectivity index (χ1v) is 12.6. The quantitative estimate of drug-likeness (QED) is 0.304. The molecular formula is C28H28N4O4S. The van der Waals surface area contributed by atoms with Crippen molar-refractivity contribution >= 4 is 28.3 Å². The first-order valence-electron chi connectivity index (χ1n) is 11.8. The van der Waals surface area contributed by atoms with Crippen molar-refractivity contribution in [1.82, 2.24) is 15.1 Å². The van der Waals surface area contributed by atoms with Crippen LogP contribution < -0.4 is 14.8 Å². The first-order chi connectivity index (χ1) is 18.1. The van der Waals surface area contributed by atoms with Crippen LogP contribution in [0.2, 0.25) is 0 Å². The summed E-state index contributed by atoms with van der Waals surface area (Å²) < 4.78 is 10.6. The van der Waals surface area contributed by atoms with Crippen LogP contribution >= 0.6 is 11.3 Å². The van der Waals surface area contributed by atoms with Crippen LogP contribution in [0.3, 0.4) is 0 Å². The van der Waals surface area contributed by atoms with Gasteiger partial charge in [-0.2, -0.15) is 0 Å². The number of hydrogen-bond acceptors (Lipinski definition) is 7. The molecular weight excluding hydrogens is 488 g/mol. The minimum atomic E-state index is -0.241. The third kappa shape index (κ3) is 6.92. The molecule has 0 saturated heterocycles. The van der Waals surface area contributed by atoms with Crippen molar-refractivity contribution in [2.75, 3.05) is 32.6 Å². The lowest BCUT2D eigenvalue weighted by Gasteiger charge is -2.23. The van der Waals surface area contributed by atoms with E-state index in [0.717, 1.165) is 16.9 Å². The van der Waals surface area contributed by atoms with E-state index >= 15 is 0 Å². The van der Waals surface area contributed by atoms with Gasteiger partial charge < -0.3 is 19.7 Å². The summed E-state index contributed by atoms with van der Waals surface area (Å²) in [6.07, 6.45) is 0.790. The van der Waals surface area contributed by atoms with E-state index in [0.29, 0.717) is 34.4 Å². The van der Waals surface area contributed by atoms with Crippen LogP contribution in [-0.4, -0.2) is 54.2 Å². The summed E-state index contributed by atoms with van der Waals surface area (Å²) in [7, 11) is 3.15. The minimum absolute atomic E-state index is 0.118. The normalized spacial score (nSPS) is 10.5. The molecule has 0 aliphatic heterocycles. The highest BCUT2D eigenvalue weighted by atomic mass is 32.1. The second kappa shape index (κ2) is 12.6. The number of para-hydroxylation sites is 1. The summed E-state index contributed by atoms with van der Waals surface area (Å²) in [5.74, 6) is 0.830. The van der Waals surface area contributed by atoms with Crippen molar-refractivity contribution in [3.8, 4) is 22.1 Å². The molecule has 0 spiro atoms. The van der Waals surface area contributed by atoms with E-state index in [1.807, 2.05) is 60.7 Å². The Labute approximate surface area is 219 Å². The monoisotopic (exact) mass is 516 g/mol. The number of amides is 2. The molecule has 190 valence electrons. The van der Waals surface area contributed by atoms with Gasteiger partial charge in [-0.3, -0.25) is 9.59 Å². The largest absolute Gasteiger partial charge is 0.497 e. The van der Waals surface area contributed by atoms with Crippen molar-refractivity contribution in [2.45, 2.75) is 12.8 Å². The highest BCUT2D eigenvalue weighted by Gasteiger charge is 2.20. The lowest BCUT2D eigenvalue weighted by molar-refractivity contribution is -0.116. The number of ether oxygens (including phenoxy) is 2. The summed E-state index contributed by atoms with van der Waals surface area (Å²) in [5, 5.41) is 12.2. The fraction of sp³-hybridized carbons (Fsp3) is 0.214. The molecule has 37 heavy (non-hydrogen) atoms. The van der Waals surface area contributed by atoms with Gasteiger partial charge in [0.25, 0.3) is 5.91 Å². The standard InChI is InChI=1S/C28H28N4O4S/c1-35-22-14-12-21(13-15-22)26-30-31-28(37-26)29-25(33)17-19-32(18-16-20-8-4-3-5-9-20)27(34)23-10-6-7-11-24(23)36-2/h3-15H,16-19H2,1-2H3,(H,29,31,33). The van der Waals surface area contributed by atoms with Crippen molar-refractivity contribution in [3.63, 3.8) is 0 Å². The van der Waals surface area contributed by atoms with Crippen LogP contribution in [0.5, 0.6) is 11.5 Å². The molecule has 0 unspecified atom stereocenters. The number of carbonyl (C=O) groups excluding carboxylic acids is 2. The molecule has 0 saturated carbocycles. The molecule has 0 atom stereocenters. The van der Waals surface area contributed by atoms with Gasteiger partial charge in [-0.25, -0.2) is 0 Å². The molecule has 0 radical (unpaired) electrons. The summed E-state index contributed by atoms with van der Waals surface area (Å²) in [6.45, 7) is 0.717. The minimum Gasteiger partial charge on any atom is -0.497 e. The number of methoxy groups -OCH3 is 2. The number of hydrogen-bond donors (Lipinski definition) is 1. The third-order valence-corrected chi connectivity index (χ3v) is 6.64. The molecule has 4 aromatic rings. The fourth-order valence-corrected chi connectivity index (χ4v) is 4.52. The van der Waals surface area contributed by atoms with Gasteiger partial charge in [-0.15, -0.1) is 10.2 Å². The second-order valence-corrected chi connectivity index (χ2v) is 9.14. The molecule has 0 aliphatic carbocycles. The Kier molecular flexibility index (Phi) is 8.83. The van der Waals surface area contributed by atoms with Gasteiger partial charge in [0.15, 0.2) is 0 Å². The van der Waals surface area contributed by atoms with E-state index < -0.39 is 0 Å². The lowest BCUT2D eigenvalue weighted by atomic mass is 10.1. The Morgan fingerprint density at radius 1 is 0.865 bits per heavy atom. The summed E-state index contributed by atoms with van der Waals surface area (Å²) in [4.78, 5) is 27.8. The van der Waals surface area contributed by atoms with E-state index in [9.17, 15) is 9.59 Å². The second-order valence-electron chi connectivity index (χ2n) is 8.17. The molecule has 0 bridgehead atoms. The summed E-state index contributed by atoms with van der Waals surface area (Å²) in [5.41, 5.74) is 2.46. The molecule has 8 nitrogen and oxygen atoms in total. The van der Waals surface area contributed by atoms with Crippen LogP contribution in [0.1, 0.15) is 22.3 Å². The number of carbonyl (C=O) groups is 2. The maximum Gasteiger partial charge on any atom is 0.257 e. The Hall–Kier alpha value is -4.24. The van der Waals surface area contributed by atoms with Crippen LogP contribution in [0.15, 0.2) is 78.9 Å². The summed E-state index contributed by atoms with van der Waals surface area (Å²) >= 11 is 1.29. The predicted octanol–water partition coefficient (Wildman–Crippen LogP) is 4.94. The maximum atomic E-state index is 13.4. The zero-order valence-electron chi connectivity index (χ0n) is 20.7. The van der Waals surface area contributed by atoms with E-state index in [1.54, 1.807) is 30.2 Å². The molecule has 0 fully saturated rings. The smallest absolute Gasteiger partial charge is 0.257 e. The molecule has 9 heteroatoms. The van der Waals surface area contributed by atoms with Gasteiger partial charge >= 0.3 is 0 Å². The van der Waals surface area contributed by atoms with Gasteiger partial charge in [0, 0.05) is 25.1 Å². The van der Waals surface area contributed by atoms with Crippen LogP contribution in [0.25, 0.3) is 10.6 Å². The average Bonchev–Trinajstić information content (AvgIpc) is 3.41. The Bertz CT molecular complexity index is 1330. The van der Waals surface area contributed by atoms with E-state index in [-0.39, 0.29) is 24.8 Å². The van der Waals surface area contributed by atoms with Crippen molar-refractivity contribution < 1.29 is 19.1 Å². The number of anilines is 1. The highest BCUT2D eigenvalue weighted by molar-refractivity contribution is 7.18. The maximum absolute atomic E-state index is 13.4. The molecule has 0 aliphatic rings. The van der Waals surface area contributed by atoms with Gasteiger partial charge in [-0.05, 0) is 48.4 Å². The highest BCUT2D eigenvalue weighted by Crippen LogP contribution is 2.28. The molecule has 1 aromatic heterocycles. The molecule has 1 heterocycles. The fourth-order valence-electron chi connectivity index (χ4n) is 3.76. The zero-order valence-corrected chi connectivity index (χ0v) is 21.5. The lowest BCUT2D eigenvalue weighted by Crippen LogP contribution is -2.35.